The highest BCUT2D eigenvalue weighted by Gasteiger charge is 2.42. The van der Waals surface area contributed by atoms with Gasteiger partial charge in [0.15, 0.2) is 5.82 Å². The van der Waals surface area contributed by atoms with Gasteiger partial charge in [0, 0.05) is 18.8 Å². The molecular weight excluding hydrogens is 381 g/mol. The van der Waals surface area contributed by atoms with Crippen molar-refractivity contribution in [1.29, 1.82) is 0 Å². The second-order valence-electron chi connectivity index (χ2n) is 7.73. The summed E-state index contributed by atoms with van der Waals surface area (Å²) in [6.07, 6.45) is 7.69. The van der Waals surface area contributed by atoms with Crippen molar-refractivity contribution in [3.05, 3.63) is 18.6 Å². The number of rotatable bonds is 8. The largest absolute Gasteiger partial charge is 0.327 e. The van der Waals surface area contributed by atoms with Gasteiger partial charge in [-0.25, -0.2) is 14.4 Å². The number of amides is 3. The highest BCUT2D eigenvalue weighted by Crippen LogP contribution is 2.32. The SMILES string of the molecule is O=CN(O)CC(CC1CCCC1)C(=O)N1CC(F)CC1C(=O)Nc1cnccn1. The molecule has 10 heteroatoms. The molecular formula is C19H26FN5O4. The summed E-state index contributed by atoms with van der Waals surface area (Å²) in [4.78, 5) is 45.8. The minimum Gasteiger partial charge on any atom is -0.327 e. The topological polar surface area (TPSA) is 116 Å². The number of hydrogen-bond donors (Lipinski definition) is 2. The van der Waals surface area contributed by atoms with Gasteiger partial charge in [0.25, 0.3) is 0 Å². The van der Waals surface area contributed by atoms with Crippen molar-refractivity contribution in [2.45, 2.75) is 50.7 Å². The average molecular weight is 407 g/mol. The van der Waals surface area contributed by atoms with Gasteiger partial charge in [0.1, 0.15) is 12.2 Å². The summed E-state index contributed by atoms with van der Waals surface area (Å²) in [5, 5.41) is 12.6. The van der Waals surface area contributed by atoms with E-state index in [0.29, 0.717) is 17.4 Å². The van der Waals surface area contributed by atoms with Crippen LogP contribution in [0.1, 0.15) is 38.5 Å². The van der Waals surface area contributed by atoms with Crippen LogP contribution in [0.25, 0.3) is 0 Å². The smallest absolute Gasteiger partial charge is 0.248 e. The summed E-state index contributed by atoms with van der Waals surface area (Å²) in [7, 11) is 0. The molecule has 0 aromatic carbocycles. The van der Waals surface area contributed by atoms with Gasteiger partial charge >= 0.3 is 0 Å². The number of carbonyl (C=O) groups is 3. The Hall–Kier alpha value is -2.62. The molecule has 158 valence electrons. The first-order chi connectivity index (χ1) is 14.0. The molecule has 3 unspecified atom stereocenters. The molecule has 1 saturated heterocycles. The lowest BCUT2D eigenvalue weighted by atomic mass is 9.91. The zero-order valence-electron chi connectivity index (χ0n) is 16.1. The molecule has 2 fully saturated rings. The molecule has 0 spiro atoms. The second-order valence-corrected chi connectivity index (χ2v) is 7.73. The quantitative estimate of drug-likeness (QED) is 0.382. The van der Waals surface area contributed by atoms with Crippen molar-refractivity contribution in [2.75, 3.05) is 18.4 Å². The molecule has 0 bridgehead atoms. The van der Waals surface area contributed by atoms with Gasteiger partial charge in [-0.3, -0.25) is 24.6 Å². The summed E-state index contributed by atoms with van der Waals surface area (Å²) in [5.41, 5.74) is 0. The van der Waals surface area contributed by atoms with Gasteiger partial charge in [-0.1, -0.05) is 25.7 Å². The average Bonchev–Trinajstić information content (AvgIpc) is 3.37. The van der Waals surface area contributed by atoms with E-state index in [1.54, 1.807) is 0 Å². The highest BCUT2D eigenvalue weighted by atomic mass is 19.1. The maximum Gasteiger partial charge on any atom is 0.248 e. The van der Waals surface area contributed by atoms with Crippen LogP contribution >= 0.6 is 0 Å². The van der Waals surface area contributed by atoms with E-state index in [1.165, 1.54) is 23.5 Å². The summed E-state index contributed by atoms with van der Waals surface area (Å²) in [6.45, 7) is -0.365. The lowest BCUT2D eigenvalue weighted by molar-refractivity contribution is -0.158. The van der Waals surface area contributed by atoms with Crippen LogP contribution in [0.15, 0.2) is 18.6 Å². The Bertz CT molecular complexity index is 716. The Morgan fingerprint density at radius 1 is 1.38 bits per heavy atom. The van der Waals surface area contributed by atoms with E-state index in [0.717, 1.165) is 25.7 Å². The molecule has 3 amide bonds. The number of halogens is 1. The molecule has 2 heterocycles. The van der Waals surface area contributed by atoms with Crippen LogP contribution in [0, 0.1) is 11.8 Å². The normalized spacial score (nSPS) is 23.0. The summed E-state index contributed by atoms with van der Waals surface area (Å²) < 4.78 is 14.2. The number of anilines is 1. The summed E-state index contributed by atoms with van der Waals surface area (Å²) >= 11 is 0. The number of nitrogens with one attached hydrogen (secondary N) is 1. The molecule has 1 aromatic heterocycles. The molecule has 1 aromatic rings. The molecule has 3 rings (SSSR count). The van der Waals surface area contributed by atoms with Crippen molar-refractivity contribution >= 4 is 24.0 Å². The fraction of sp³-hybridized carbons (Fsp3) is 0.632. The fourth-order valence-electron chi connectivity index (χ4n) is 4.26. The number of hydrogen-bond acceptors (Lipinski definition) is 6. The first-order valence-electron chi connectivity index (χ1n) is 9.90. The van der Waals surface area contributed by atoms with Crippen LogP contribution < -0.4 is 5.32 Å². The molecule has 1 aliphatic carbocycles. The Morgan fingerprint density at radius 3 is 2.79 bits per heavy atom. The first kappa shape index (κ1) is 21.1. The molecule has 2 N–H and O–H groups in total. The summed E-state index contributed by atoms with van der Waals surface area (Å²) in [5.74, 6) is -1.10. The standard InChI is InChI=1S/C19H26FN5O4/c20-15-8-16(18(27)23-17-9-21-5-6-22-17)25(11-15)19(28)14(10-24(29)12-26)7-13-3-1-2-4-13/h5-6,9,12-16,29H,1-4,7-8,10-11H2,(H,22,23,27). The van der Waals surface area contributed by atoms with E-state index in [1.807, 2.05) is 0 Å². The van der Waals surface area contributed by atoms with Crippen molar-refractivity contribution in [3.63, 3.8) is 0 Å². The van der Waals surface area contributed by atoms with E-state index in [-0.39, 0.29) is 31.7 Å². The number of nitrogens with zero attached hydrogens (tertiary/aromatic N) is 4. The number of likely N-dealkylation sites (tertiary alicyclic amines) is 1. The third-order valence-electron chi connectivity index (χ3n) is 5.62. The van der Waals surface area contributed by atoms with Crippen molar-refractivity contribution < 1.29 is 24.0 Å². The minimum atomic E-state index is -1.32. The molecule has 2 aliphatic rings. The van der Waals surface area contributed by atoms with Gasteiger partial charge in [-0.15, -0.1) is 0 Å². The predicted octanol–water partition coefficient (Wildman–Crippen LogP) is 1.40. The van der Waals surface area contributed by atoms with Gasteiger partial charge in [0.05, 0.1) is 25.2 Å². The van der Waals surface area contributed by atoms with E-state index in [4.69, 9.17) is 0 Å². The lowest BCUT2D eigenvalue weighted by Crippen LogP contribution is -2.48. The van der Waals surface area contributed by atoms with Crippen LogP contribution in [0.3, 0.4) is 0 Å². The maximum absolute atomic E-state index is 14.2. The fourth-order valence-corrected chi connectivity index (χ4v) is 4.26. The molecule has 9 nitrogen and oxygen atoms in total. The van der Waals surface area contributed by atoms with Crippen LogP contribution in [0.2, 0.25) is 0 Å². The molecule has 1 saturated carbocycles. The molecule has 3 atom stereocenters. The monoisotopic (exact) mass is 407 g/mol. The van der Waals surface area contributed by atoms with Gasteiger partial charge in [0.2, 0.25) is 18.2 Å². The predicted molar refractivity (Wildman–Crippen MR) is 100 cm³/mol. The Morgan fingerprint density at radius 2 is 2.14 bits per heavy atom. The van der Waals surface area contributed by atoms with Crippen LogP contribution in [-0.2, 0) is 14.4 Å². The maximum atomic E-state index is 14.2. The first-order valence-corrected chi connectivity index (χ1v) is 9.90. The van der Waals surface area contributed by atoms with Crippen LogP contribution in [0.5, 0.6) is 0 Å². The van der Waals surface area contributed by atoms with Crippen molar-refractivity contribution in [2.24, 2.45) is 11.8 Å². The highest BCUT2D eigenvalue weighted by molar-refractivity contribution is 5.97. The summed E-state index contributed by atoms with van der Waals surface area (Å²) in [6, 6.07) is -0.978. The van der Waals surface area contributed by atoms with E-state index in [2.05, 4.69) is 15.3 Å². The Labute approximate surface area is 168 Å². The van der Waals surface area contributed by atoms with E-state index < -0.39 is 29.9 Å². The number of hydroxylamine groups is 2. The Balaban J connectivity index is 1.72. The zero-order chi connectivity index (χ0) is 20.8. The molecule has 29 heavy (non-hydrogen) atoms. The zero-order valence-corrected chi connectivity index (χ0v) is 16.1. The third-order valence-corrected chi connectivity index (χ3v) is 5.62. The Kier molecular flexibility index (Phi) is 7.08. The molecule has 1 aliphatic heterocycles. The number of aromatic nitrogens is 2. The van der Waals surface area contributed by atoms with Crippen molar-refractivity contribution in [3.8, 4) is 0 Å². The second kappa shape index (κ2) is 9.73. The van der Waals surface area contributed by atoms with E-state index in [9.17, 15) is 24.0 Å². The third kappa shape index (κ3) is 5.47. The van der Waals surface area contributed by atoms with Crippen LogP contribution in [0.4, 0.5) is 10.2 Å². The minimum absolute atomic E-state index is 0.107. The number of alkyl halides is 1. The van der Waals surface area contributed by atoms with Gasteiger partial charge < -0.3 is 10.2 Å². The lowest BCUT2D eigenvalue weighted by Gasteiger charge is -2.30. The van der Waals surface area contributed by atoms with E-state index >= 15 is 0 Å². The van der Waals surface area contributed by atoms with Gasteiger partial charge in [-0.05, 0) is 12.3 Å². The van der Waals surface area contributed by atoms with Crippen LogP contribution in [-0.4, -0.2) is 68.7 Å². The molecule has 0 radical (unpaired) electrons. The van der Waals surface area contributed by atoms with Gasteiger partial charge in [-0.2, -0.15) is 0 Å². The number of carbonyl (C=O) groups excluding carboxylic acids is 3. The van der Waals surface area contributed by atoms with Crippen molar-refractivity contribution in [1.82, 2.24) is 19.9 Å².